The predicted molar refractivity (Wildman–Crippen MR) is 78.5 cm³/mol. The average Bonchev–Trinajstić information content (AvgIpc) is 2.96. The third-order valence-corrected chi connectivity index (χ3v) is 3.20. The number of hydrogen-bond acceptors (Lipinski definition) is 5. The molecule has 0 aliphatic rings. The smallest absolute Gasteiger partial charge is 0.250 e. The third kappa shape index (κ3) is 2.05. The summed E-state index contributed by atoms with van der Waals surface area (Å²) in [4.78, 5) is 19.5. The Morgan fingerprint density at radius 1 is 1.05 bits per heavy atom. The topological polar surface area (TPSA) is 76.6 Å². The molecule has 0 bridgehead atoms. The van der Waals surface area contributed by atoms with E-state index >= 15 is 0 Å². The van der Waals surface area contributed by atoms with Crippen LogP contribution in [0, 0.1) is 0 Å². The van der Waals surface area contributed by atoms with Crippen molar-refractivity contribution in [1.29, 1.82) is 0 Å². The van der Waals surface area contributed by atoms with Crippen molar-refractivity contribution in [1.82, 2.24) is 24.9 Å². The Hall–Kier alpha value is -2.73. The lowest BCUT2D eigenvalue weighted by Crippen LogP contribution is -1.94. The fraction of sp³-hybridized carbons (Fsp3) is 0. The van der Waals surface area contributed by atoms with Crippen LogP contribution < -0.4 is 4.74 Å². The molecule has 21 heavy (non-hydrogen) atoms. The van der Waals surface area contributed by atoms with Gasteiger partial charge in [-0.2, -0.15) is 9.97 Å². The van der Waals surface area contributed by atoms with Crippen molar-refractivity contribution in [3.8, 4) is 11.6 Å². The van der Waals surface area contributed by atoms with Gasteiger partial charge in [0, 0.05) is 11.6 Å². The number of para-hydroxylation sites is 1. The number of rotatable bonds is 2. The van der Waals surface area contributed by atoms with E-state index in [0.717, 1.165) is 10.9 Å². The van der Waals surface area contributed by atoms with Gasteiger partial charge in [-0.25, -0.2) is 4.98 Å². The standard InChI is InChI=1S/C14H8ClN5O/c15-14-19-12-11(17-7-18-12)13(20-14)21-9-5-1-3-8-4-2-6-16-10(8)9/h1-7H,(H,17,18,19,20). The van der Waals surface area contributed by atoms with E-state index in [4.69, 9.17) is 16.3 Å². The van der Waals surface area contributed by atoms with E-state index in [0.29, 0.717) is 22.8 Å². The Kier molecular flexibility index (Phi) is 2.68. The number of aromatic nitrogens is 5. The minimum atomic E-state index is 0.0813. The number of fused-ring (bicyclic) bond motifs is 2. The number of ether oxygens (including phenoxy) is 1. The minimum absolute atomic E-state index is 0.0813. The van der Waals surface area contributed by atoms with Gasteiger partial charge in [-0.3, -0.25) is 4.98 Å². The van der Waals surface area contributed by atoms with Crippen LogP contribution in [0.25, 0.3) is 22.1 Å². The summed E-state index contributed by atoms with van der Waals surface area (Å²) in [7, 11) is 0. The van der Waals surface area contributed by atoms with Crippen LogP contribution >= 0.6 is 11.6 Å². The molecule has 1 N–H and O–H groups in total. The molecule has 3 aromatic heterocycles. The summed E-state index contributed by atoms with van der Waals surface area (Å²) >= 11 is 5.89. The van der Waals surface area contributed by atoms with E-state index in [1.54, 1.807) is 6.20 Å². The monoisotopic (exact) mass is 297 g/mol. The SMILES string of the molecule is Clc1nc(Oc2cccc3cccnc23)c2[nH]cnc2n1. The van der Waals surface area contributed by atoms with Gasteiger partial charge in [-0.1, -0.05) is 18.2 Å². The maximum Gasteiger partial charge on any atom is 0.250 e. The zero-order valence-corrected chi connectivity index (χ0v) is 11.4. The summed E-state index contributed by atoms with van der Waals surface area (Å²) in [6, 6.07) is 9.53. The quantitative estimate of drug-likeness (QED) is 0.574. The molecule has 0 saturated carbocycles. The fourth-order valence-electron chi connectivity index (χ4n) is 2.12. The van der Waals surface area contributed by atoms with Crippen LogP contribution in [0.3, 0.4) is 0 Å². The highest BCUT2D eigenvalue weighted by Crippen LogP contribution is 2.30. The molecule has 0 aliphatic carbocycles. The minimum Gasteiger partial charge on any atom is -0.435 e. The first-order chi connectivity index (χ1) is 10.3. The lowest BCUT2D eigenvalue weighted by atomic mass is 10.2. The number of halogens is 1. The maximum absolute atomic E-state index is 5.89. The number of hydrogen-bond donors (Lipinski definition) is 1. The largest absolute Gasteiger partial charge is 0.435 e. The Labute approximate surface area is 123 Å². The molecule has 1 aromatic carbocycles. The lowest BCUT2D eigenvalue weighted by molar-refractivity contribution is 0.471. The highest BCUT2D eigenvalue weighted by atomic mass is 35.5. The van der Waals surface area contributed by atoms with Crippen LogP contribution in [0.5, 0.6) is 11.6 Å². The third-order valence-electron chi connectivity index (χ3n) is 3.03. The molecule has 6 nitrogen and oxygen atoms in total. The molecule has 0 saturated heterocycles. The zero-order chi connectivity index (χ0) is 14.2. The van der Waals surface area contributed by atoms with E-state index in [1.807, 2.05) is 30.3 Å². The number of aromatic amines is 1. The van der Waals surface area contributed by atoms with E-state index in [-0.39, 0.29) is 5.28 Å². The second kappa shape index (κ2) is 4.68. The summed E-state index contributed by atoms with van der Waals surface area (Å²) in [5.74, 6) is 0.916. The summed E-state index contributed by atoms with van der Waals surface area (Å²) in [5, 5.41) is 1.06. The van der Waals surface area contributed by atoms with Gasteiger partial charge in [0.15, 0.2) is 11.4 Å². The van der Waals surface area contributed by atoms with E-state index in [1.165, 1.54) is 6.33 Å². The molecule has 102 valence electrons. The van der Waals surface area contributed by atoms with Crippen LogP contribution in [-0.2, 0) is 0 Å². The first-order valence-electron chi connectivity index (χ1n) is 6.19. The molecule has 4 rings (SSSR count). The second-order valence-corrected chi connectivity index (χ2v) is 4.67. The predicted octanol–water partition coefficient (Wildman–Crippen LogP) is 3.35. The Balaban J connectivity index is 1.89. The molecule has 0 spiro atoms. The van der Waals surface area contributed by atoms with Gasteiger partial charge in [0.2, 0.25) is 11.2 Å². The van der Waals surface area contributed by atoms with Crippen molar-refractivity contribution in [3.05, 3.63) is 48.1 Å². The van der Waals surface area contributed by atoms with Crippen molar-refractivity contribution in [2.45, 2.75) is 0 Å². The molecule has 4 aromatic rings. The molecule has 3 heterocycles. The molecule has 0 fully saturated rings. The summed E-state index contributed by atoms with van der Waals surface area (Å²) in [6.07, 6.45) is 3.23. The van der Waals surface area contributed by atoms with Crippen molar-refractivity contribution in [2.24, 2.45) is 0 Å². The van der Waals surface area contributed by atoms with E-state index < -0.39 is 0 Å². The Morgan fingerprint density at radius 3 is 2.90 bits per heavy atom. The highest BCUT2D eigenvalue weighted by Gasteiger charge is 2.12. The number of nitrogens with one attached hydrogen (secondary N) is 1. The Morgan fingerprint density at radius 2 is 1.95 bits per heavy atom. The number of pyridine rings is 1. The average molecular weight is 298 g/mol. The van der Waals surface area contributed by atoms with Crippen molar-refractivity contribution >= 4 is 33.7 Å². The molecule has 0 unspecified atom stereocenters. The highest BCUT2D eigenvalue weighted by molar-refractivity contribution is 6.28. The molecule has 0 amide bonds. The van der Waals surface area contributed by atoms with Gasteiger partial charge in [-0.05, 0) is 23.7 Å². The van der Waals surface area contributed by atoms with Gasteiger partial charge in [0.1, 0.15) is 11.0 Å². The van der Waals surface area contributed by atoms with Crippen molar-refractivity contribution < 1.29 is 4.74 Å². The fourth-order valence-corrected chi connectivity index (χ4v) is 2.27. The van der Waals surface area contributed by atoms with Crippen LogP contribution in [0.15, 0.2) is 42.9 Å². The summed E-state index contributed by atoms with van der Waals surface area (Å²) in [6.45, 7) is 0. The zero-order valence-electron chi connectivity index (χ0n) is 10.6. The van der Waals surface area contributed by atoms with Crippen molar-refractivity contribution in [2.75, 3.05) is 0 Å². The van der Waals surface area contributed by atoms with Crippen LogP contribution in [0.2, 0.25) is 5.28 Å². The number of nitrogens with zero attached hydrogens (tertiary/aromatic N) is 4. The van der Waals surface area contributed by atoms with Gasteiger partial charge < -0.3 is 9.72 Å². The van der Waals surface area contributed by atoms with Gasteiger partial charge in [0.25, 0.3) is 0 Å². The second-order valence-electron chi connectivity index (χ2n) is 4.33. The molecular weight excluding hydrogens is 290 g/mol. The number of imidazole rings is 1. The van der Waals surface area contributed by atoms with Gasteiger partial charge >= 0.3 is 0 Å². The number of H-pyrrole nitrogens is 1. The van der Waals surface area contributed by atoms with Gasteiger partial charge in [-0.15, -0.1) is 0 Å². The van der Waals surface area contributed by atoms with Gasteiger partial charge in [0.05, 0.1) is 6.33 Å². The first kappa shape index (κ1) is 12.0. The van der Waals surface area contributed by atoms with Crippen LogP contribution in [0.4, 0.5) is 0 Å². The summed E-state index contributed by atoms with van der Waals surface area (Å²) in [5.41, 5.74) is 1.80. The first-order valence-corrected chi connectivity index (χ1v) is 6.57. The molecule has 0 radical (unpaired) electrons. The summed E-state index contributed by atoms with van der Waals surface area (Å²) < 4.78 is 5.87. The number of benzene rings is 1. The normalized spacial score (nSPS) is 11.1. The molecular formula is C14H8ClN5O. The van der Waals surface area contributed by atoms with E-state index in [2.05, 4.69) is 24.9 Å². The Bertz CT molecular complexity index is 947. The molecule has 0 aliphatic heterocycles. The maximum atomic E-state index is 5.89. The van der Waals surface area contributed by atoms with Crippen molar-refractivity contribution in [3.63, 3.8) is 0 Å². The van der Waals surface area contributed by atoms with Crippen LogP contribution in [0.1, 0.15) is 0 Å². The molecule has 0 atom stereocenters. The van der Waals surface area contributed by atoms with E-state index in [9.17, 15) is 0 Å². The molecule has 7 heteroatoms. The lowest BCUT2D eigenvalue weighted by Gasteiger charge is -2.07. The van der Waals surface area contributed by atoms with Crippen LogP contribution in [-0.4, -0.2) is 24.9 Å².